The SMILES string of the molecule is NC1C2CCC(C2)C1C(=O)N1CCCN(CC(F)(F)F)CC1. The third-order valence-electron chi connectivity index (χ3n) is 5.57. The van der Waals surface area contributed by atoms with E-state index in [-0.39, 0.29) is 17.9 Å². The molecule has 1 heterocycles. The van der Waals surface area contributed by atoms with Crippen LogP contribution in [0.25, 0.3) is 0 Å². The van der Waals surface area contributed by atoms with Crippen molar-refractivity contribution >= 4 is 5.91 Å². The molecular formula is C15H24F3N3O. The van der Waals surface area contributed by atoms with Gasteiger partial charge < -0.3 is 10.6 Å². The Kier molecular flexibility index (Phi) is 4.38. The van der Waals surface area contributed by atoms with E-state index < -0.39 is 12.7 Å². The van der Waals surface area contributed by atoms with Gasteiger partial charge in [0.25, 0.3) is 0 Å². The first-order valence-electron chi connectivity index (χ1n) is 8.18. The summed E-state index contributed by atoms with van der Waals surface area (Å²) in [5.74, 6) is 0.830. The molecular weight excluding hydrogens is 295 g/mol. The summed E-state index contributed by atoms with van der Waals surface area (Å²) in [4.78, 5) is 15.9. The Morgan fingerprint density at radius 2 is 1.82 bits per heavy atom. The van der Waals surface area contributed by atoms with Crippen LogP contribution in [0.3, 0.4) is 0 Å². The highest BCUT2D eigenvalue weighted by atomic mass is 19.4. The van der Waals surface area contributed by atoms with Gasteiger partial charge in [-0.1, -0.05) is 0 Å². The number of carbonyl (C=O) groups excluding carboxylic acids is 1. The molecule has 4 unspecified atom stereocenters. The van der Waals surface area contributed by atoms with Crippen LogP contribution in [-0.4, -0.2) is 60.6 Å². The molecule has 1 saturated heterocycles. The highest BCUT2D eigenvalue weighted by molar-refractivity contribution is 5.80. The normalized spacial score (nSPS) is 36.6. The Morgan fingerprint density at radius 1 is 1.09 bits per heavy atom. The number of halogens is 3. The zero-order chi connectivity index (χ0) is 15.9. The number of hydrogen-bond acceptors (Lipinski definition) is 3. The maximum Gasteiger partial charge on any atom is 0.401 e. The van der Waals surface area contributed by atoms with Crippen molar-refractivity contribution in [3.05, 3.63) is 0 Å². The van der Waals surface area contributed by atoms with Crippen molar-refractivity contribution < 1.29 is 18.0 Å². The van der Waals surface area contributed by atoms with Crippen molar-refractivity contribution in [2.75, 3.05) is 32.7 Å². The first kappa shape index (κ1) is 16.1. The van der Waals surface area contributed by atoms with Gasteiger partial charge in [0.05, 0.1) is 12.5 Å². The molecule has 4 atom stereocenters. The number of amides is 1. The fraction of sp³-hybridized carbons (Fsp3) is 0.933. The van der Waals surface area contributed by atoms with Gasteiger partial charge in [-0.2, -0.15) is 13.2 Å². The van der Waals surface area contributed by atoms with E-state index in [4.69, 9.17) is 5.73 Å². The first-order valence-corrected chi connectivity index (χ1v) is 8.18. The van der Waals surface area contributed by atoms with Gasteiger partial charge in [-0.25, -0.2) is 0 Å². The summed E-state index contributed by atoms with van der Waals surface area (Å²) in [5, 5.41) is 0. The average molecular weight is 319 g/mol. The lowest BCUT2D eigenvalue weighted by molar-refractivity contribution is -0.145. The first-order chi connectivity index (χ1) is 10.3. The van der Waals surface area contributed by atoms with Gasteiger partial charge in [-0.15, -0.1) is 0 Å². The lowest BCUT2D eigenvalue weighted by atomic mass is 9.84. The van der Waals surface area contributed by atoms with E-state index in [1.54, 1.807) is 4.90 Å². The van der Waals surface area contributed by atoms with Crippen molar-refractivity contribution in [1.29, 1.82) is 0 Å². The van der Waals surface area contributed by atoms with Crippen LogP contribution in [0.4, 0.5) is 13.2 Å². The van der Waals surface area contributed by atoms with Crippen LogP contribution in [0.15, 0.2) is 0 Å². The van der Waals surface area contributed by atoms with Gasteiger partial charge in [0.1, 0.15) is 0 Å². The minimum atomic E-state index is -4.17. The van der Waals surface area contributed by atoms with E-state index in [9.17, 15) is 18.0 Å². The molecule has 0 aromatic heterocycles. The van der Waals surface area contributed by atoms with Crippen molar-refractivity contribution in [3.8, 4) is 0 Å². The van der Waals surface area contributed by atoms with Crippen LogP contribution in [0.1, 0.15) is 25.7 Å². The van der Waals surface area contributed by atoms with Crippen LogP contribution in [0, 0.1) is 17.8 Å². The summed E-state index contributed by atoms with van der Waals surface area (Å²) >= 11 is 0. The number of alkyl halides is 3. The van der Waals surface area contributed by atoms with Crippen LogP contribution in [-0.2, 0) is 4.79 Å². The lowest BCUT2D eigenvalue weighted by Gasteiger charge is -2.32. The maximum atomic E-state index is 12.8. The predicted molar refractivity (Wildman–Crippen MR) is 76.0 cm³/mol. The van der Waals surface area contributed by atoms with Gasteiger partial charge in [-0.05, 0) is 37.5 Å². The van der Waals surface area contributed by atoms with Crippen LogP contribution < -0.4 is 5.73 Å². The fourth-order valence-electron chi connectivity index (χ4n) is 4.52. The zero-order valence-corrected chi connectivity index (χ0v) is 12.7. The third kappa shape index (κ3) is 3.25. The predicted octanol–water partition coefficient (Wildman–Crippen LogP) is 1.46. The van der Waals surface area contributed by atoms with E-state index in [1.807, 2.05) is 0 Å². The average Bonchev–Trinajstić information content (AvgIpc) is 2.92. The van der Waals surface area contributed by atoms with Crippen molar-refractivity contribution in [2.24, 2.45) is 23.5 Å². The second-order valence-corrected chi connectivity index (χ2v) is 7.01. The minimum absolute atomic E-state index is 0.0548. The largest absolute Gasteiger partial charge is 0.401 e. The minimum Gasteiger partial charge on any atom is -0.341 e. The summed E-state index contributed by atoms with van der Waals surface area (Å²) in [6, 6.07) is -0.0548. The number of nitrogens with zero attached hydrogens (tertiary/aromatic N) is 2. The zero-order valence-electron chi connectivity index (χ0n) is 12.7. The molecule has 1 amide bonds. The van der Waals surface area contributed by atoms with Crippen LogP contribution in [0.5, 0.6) is 0 Å². The molecule has 2 saturated carbocycles. The van der Waals surface area contributed by atoms with Gasteiger partial charge >= 0.3 is 6.18 Å². The Labute approximate surface area is 128 Å². The molecule has 0 spiro atoms. The number of rotatable bonds is 2. The third-order valence-corrected chi connectivity index (χ3v) is 5.57. The number of fused-ring (bicyclic) bond motifs is 2. The molecule has 2 bridgehead atoms. The Morgan fingerprint density at radius 3 is 2.45 bits per heavy atom. The van der Waals surface area contributed by atoms with Gasteiger partial charge in [0.2, 0.25) is 5.91 Å². The summed E-state index contributed by atoms with van der Waals surface area (Å²) in [6.07, 6.45) is -0.340. The molecule has 2 N–H and O–H groups in total. The summed E-state index contributed by atoms with van der Waals surface area (Å²) in [7, 11) is 0. The van der Waals surface area contributed by atoms with Crippen LogP contribution >= 0.6 is 0 Å². The lowest BCUT2D eigenvalue weighted by Crippen LogP contribution is -2.48. The van der Waals surface area contributed by atoms with Crippen molar-refractivity contribution in [1.82, 2.24) is 9.80 Å². The second-order valence-electron chi connectivity index (χ2n) is 7.01. The molecule has 3 fully saturated rings. The molecule has 1 aliphatic heterocycles. The molecule has 3 rings (SSSR count). The van der Waals surface area contributed by atoms with Crippen molar-refractivity contribution in [2.45, 2.75) is 37.9 Å². The highest BCUT2D eigenvalue weighted by Crippen LogP contribution is 2.48. The molecule has 0 aromatic rings. The molecule has 22 heavy (non-hydrogen) atoms. The Hall–Kier alpha value is -0.820. The highest BCUT2D eigenvalue weighted by Gasteiger charge is 2.50. The summed E-state index contributed by atoms with van der Waals surface area (Å²) in [5.41, 5.74) is 6.21. The summed E-state index contributed by atoms with van der Waals surface area (Å²) in [6.45, 7) is 0.735. The van der Waals surface area contributed by atoms with Gasteiger partial charge in [0, 0.05) is 32.2 Å². The molecule has 0 radical (unpaired) electrons. The Bertz CT molecular complexity index is 427. The van der Waals surface area contributed by atoms with Gasteiger partial charge in [-0.3, -0.25) is 9.69 Å². The molecule has 4 nitrogen and oxygen atoms in total. The van der Waals surface area contributed by atoms with E-state index in [0.29, 0.717) is 44.4 Å². The number of carbonyl (C=O) groups is 1. The van der Waals surface area contributed by atoms with Crippen LogP contribution in [0.2, 0.25) is 0 Å². The second kappa shape index (κ2) is 6.00. The molecule has 2 aliphatic carbocycles. The monoisotopic (exact) mass is 319 g/mol. The molecule has 0 aromatic carbocycles. The Balaban J connectivity index is 1.58. The molecule has 7 heteroatoms. The smallest absolute Gasteiger partial charge is 0.341 e. The maximum absolute atomic E-state index is 12.8. The van der Waals surface area contributed by atoms with E-state index in [2.05, 4.69) is 0 Å². The molecule has 3 aliphatic rings. The number of nitrogens with two attached hydrogens (primary N) is 1. The topological polar surface area (TPSA) is 49.6 Å². The quantitative estimate of drug-likeness (QED) is 0.838. The van der Waals surface area contributed by atoms with E-state index in [0.717, 1.165) is 19.3 Å². The van der Waals surface area contributed by atoms with E-state index in [1.165, 1.54) is 4.90 Å². The molecule has 126 valence electrons. The number of hydrogen-bond donors (Lipinski definition) is 1. The fourth-order valence-corrected chi connectivity index (χ4v) is 4.52. The summed E-state index contributed by atoms with van der Waals surface area (Å²) < 4.78 is 37.5. The standard InChI is InChI=1S/C15H24F3N3O/c16-15(17,18)9-20-4-1-5-21(7-6-20)14(22)12-10-2-3-11(8-10)13(12)19/h10-13H,1-9,19H2. The van der Waals surface area contributed by atoms with E-state index >= 15 is 0 Å². The van der Waals surface area contributed by atoms with Crippen molar-refractivity contribution in [3.63, 3.8) is 0 Å². The van der Waals surface area contributed by atoms with Gasteiger partial charge in [0.15, 0.2) is 0 Å².